The predicted molar refractivity (Wildman–Crippen MR) is 126 cm³/mol. The van der Waals surface area contributed by atoms with Gasteiger partial charge in [-0.3, -0.25) is 0 Å². The molecule has 1 aliphatic carbocycles. The second-order valence-corrected chi connectivity index (χ2v) is 8.26. The largest absolute Gasteiger partial charge is 0.0759 e. The summed E-state index contributed by atoms with van der Waals surface area (Å²) in [4.78, 5) is 0. The molecule has 0 saturated heterocycles. The summed E-state index contributed by atoms with van der Waals surface area (Å²) < 4.78 is 0. The number of benzene rings is 3. The van der Waals surface area contributed by atoms with Gasteiger partial charge >= 0.3 is 0 Å². The standard InChI is InChI=1S/C29H32/c1-4-21-11-15-29-27(18-21)13-14-28(29)20-23-9-7-8-22(16-23)17-24-10-12-25(5-2)26(6-3)19-24/h7-12,14-16,18-19H,4-6,13,17,20H2,1-3H3. The van der Waals surface area contributed by atoms with Crippen LogP contribution in [0.15, 0.2) is 66.7 Å². The summed E-state index contributed by atoms with van der Waals surface area (Å²) in [5.74, 6) is 0. The summed E-state index contributed by atoms with van der Waals surface area (Å²) in [6.07, 6.45) is 8.90. The Morgan fingerprint density at radius 2 is 1.34 bits per heavy atom. The third-order valence-corrected chi connectivity index (χ3v) is 6.32. The quantitative estimate of drug-likeness (QED) is 0.408. The van der Waals surface area contributed by atoms with Gasteiger partial charge < -0.3 is 0 Å². The lowest BCUT2D eigenvalue weighted by Gasteiger charge is -2.11. The summed E-state index contributed by atoms with van der Waals surface area (Å²) >= 11 is 0. The van der Waals surface area contributed by atoms with E-state index in [1.54, 1.807) is 0 Å². The third-order valence-electron chi connectivity index (χ3n) is 6.32. The van der Waals surface area contributed by atoms with Crippen LogP contribution in [-0.2, 0) is 38.5 Å². The van der Waals surface area contributed by atoms with Gasteiger partial charge in [-0.15, -0.1) is 0 Å². The van der Waals surface area contributed by atoms with Gasteiger partial charge in [-0.1, -0.05) is 87.5 Å². The molecule has 0 atom stereocenters. The Labute approximate surface area is 176 Å². The van der Waals surface area contributed by atoms with Crippen LogP contribution in [0.25, 0.3) is 5.57 Å². The van der Waals surface area contributed by atoms with E-state index >= 15 is 0 Å². The zero-order valence-corrected chi connectivity index (χ0v) is 18.1. The lowest BCUT2D eigenvalue weighted by molar-refractivity contribution is 1.02. The summed E-state index contributed by atoms with van der Waals surface area (Å²) in [5.41, 5.74) is 13.1. The van der Waals surface area contributed by atoms with Gasteiger partial charge in [0.15, 0.2) is 0 Å². The molecule has 4 rings (SSSR count). The van der Waals surface area contributed by atoms with E-state index in [0.29, 0.717) is 0 Å². The molecule has 3 aromatic rings. The zero-order chi connectivity index (χ0) is 20.2. The summed E-state index contributed by atoms with van der Waals surface area (Å²) in [7, 11) is 0. The molecular weight excluding hydrogens is 348 g/mol. The number of rotatable bonds is 7. The maximum absolute atomic E-state index is 2.42. The van der Waals surface area contributed by atoms with Crippen molar-refractivity contribution in [2.24, 2.45) is 0 Å². The molecule has 148 valence electrons. The average molecular weight is 381 g/mol. The van der Waals surface area contributed by atoms with Gasteiger partial charge in [0.05, 0.1) is 0 Å². The van der Waals surface area contributed by atoms with E-state index in [-0.39, 0.29) is 0 Å². The van der Waals surface area contributed by atoms with E-state index in [1.807, 2.05) is 0 Å². The number of hydrogen-bond acceptors (Lipinski definition) is 0. The van der Waals surface area contributed by atoms with Crippen molar-refractivity contribution >= 4 is 5.57 Å². The van der Waals surface area contributed by atoms with E-state index < -0.39 is 0 Å². The molecule has 0 heterocycles. The molecule has 0 nitrogen and oxygen atoms in total. The molecule has 1 aliphatic rings. The Morgan fingerprint density at radius 3 is 2.10 bits per heavy atom. The minimum atomic E-state index is 1.01. The minimum Gasteiger partial charge on any atom is -0.0759 e. The van der Waals surface area contributed by atoms with Crippen molar-refractivity contribution in [3.63, 3.8) is 0 Å². The molecule has 0 saturated carbocycles. The fraction of sp³-hybridized carbons (Fsp3) is 0.310. The highest BCUT2D eigenvalue weighted by Crippen LogP contribution is 2.31. The smallest absolute Gasteiger partial charge is 0.00227 e. The maximum atomic E-state index is 2.42. The van der Waals surface area contributed by atoms with E-state index in [0.717, 1.165) is 38.5 Å². The van der Waals surface area contributed by atoms with Crippen molar-refractivity contribution in [3.05, 3.63) is 111 Å². The van der Waals surface area contributed by atoms with E-state index in [2.05, 4.69) is 87.5 Å². The van der Waals surface area contributed by atoms with Crippen molar-refractivity contribution in [2.75, 3.05) is 0 Å². The van der Waals surface area contributed by atoms with Gasteiger partial charge in [-0.2, -0.15) is 0 Å². The first-order valence-electron chi connectivity index (χ1n) is 11.2. The van der Waals surface area contributed by atoms with Gasteiger partial charge in [-0.05, 0) is 88.6 Å². The van der Waals surface area contributed by atoms with Gasteiger partial charge in [0, 0.05) is 0 Å². The Morgan fingerprint density at radius 1 is 0.621 bits per heavy atom. The molecule has 0 N–H and O–H groups in total. The van der Waals surface area contributed by atoms with Gasteiger partial charge in [-0.25, -0.2) is 0 Å². The first-order valence-corrected chi connectivity index (χ1v) is 11.2. The Hall–Kier alpha value is -2.60. The highest BCUT2D eigenvalue weighted by atomic mass is 14.2. The van der Waals surface area contributed by atoms with Crippen molar-refractivity contribution in [3.8, 4) is 0 Å². The predicted octanol–water partition coefficient (Wildman–Crippen LogP) is 7.15. The summed E-state index contributed by atoms with van der Waals surface area (Å²) in [6, 6.07) is 23.2. The first-order chi connectivity index (χ1) is 14.2. The average Bonchev–Trinajstić information content (AvgIpc) is 3.15. The van der Waals surface area contributed by atoms with E-state index in [1.165, 1.54) is 50.1 Å². The van der Waals surface area contributed by atoms with Crippen molar-refractivity contribution < 1.29 is 0 Å². The van der Waals surface area contributed by atoms with Crippen LogP contribution in [0.2, 0.25) is 0 Å². The fourth-order valence-electron chi connectivity index (χ4n) is 4.63. The molecule has 0 fully saturated rings. The first kappa shape index (κ1) is 19.7. The van der Waals surface area contributed by atoms with E-state index in [4.69, 9.17) is 0 Å². The van der Waals surface area contributed by atoms with Gasteiger partial charge in [0.2, 0.25) is 0 Å². The summed E-state index contributed by atoms with van der Waals surface area (Å²) in [6.45, 7) is 6.74. The van der Waals surface area contributed by atoms with Crippen LogP contribution in [-0.4, -0.2) is 0 Å². The molecule has 0 spiro atoms. The molecule has 0 radical (unpaired) electrons. The van der Waals surface area contributed by atoms with E-state index in [9.17, 15) is 0 Å². The molecule has 0 aliphatic heterocycles. The molecule has 0 amide bonds. The molecular formula is C29H32. The van der Waals surface area contributed by atoms with Crippen LogP contribution in [0.4, 0.5) is 0 Å². The van der Waals surface area contributed by atoms with Crippen LogP contribution < -0.4 is 0 Å². The summed E-state index contributed by atoms with van der Waals surface area (Å²) in [5, 5.41) is 0. The monoisotopic (exact) mass is 380 g/mol. The molecule has 0 heteroatoms. The van der Waals surface area contributed by atoms with Crippen molar-refractivity contribution in [1.82, 2.24) is 0 Å². The zero-order valence-electron chi connectivity index (χ0n) is 18.1. The second-order valence-electron chi connectivity index (χ2n) is 8.26. The maximum Gasteiger partial charge on any atom is -0.00227 e. The van der Waals surface area contributed by atoms with Crippen LogP contribution in [0.1, 0.15) is 65.3 Å². The van der Waals surface area contributed by atoms with Gasteiger partial charge in [0.25, 0.3) is 0 Å². The number of fused-ring (bicyclic) bond motifs is 1. The Balaban J connectivity index is 1.51. The van der Waals surface area contributed by atoms with Crippen molar-refractivity contribution in [2.45, 2.75) is 59.3 Å². The Bertz CT molecular complexity index is 1040. The molecule has 0 aromatic heterocycles. The highest BCUT2D eigenvalue weighted by molar-refractivity contribution is 5.75. The van der Waals surface area contributed by atoms with Crippen LogP contribution >= 0.6 is 0 Å². The fourth-order valence-corrected chi connectivity index (χ4v) is 4.63. The third kappa shape index (κ3) is 4.37. The Kier molecular flexibility index (Phi) is 6.00. The van der Waals surface area contributed by atoms with Crippen LogP contribution in [0, 0.1) is 0 Å². The van der Waals surface area contributed by atoms with Gasteiger partial charge in [0.1, 0.15) is 0 Å². The molecule has 0 unspecified atom stereocenters. The SMILES string of the molecule is CCc1ccc2c(c1)CC=C2Cc1cccc(Cc2ccc(CC)c(CC)c2)c1. The lowest BCUT2D eigenvalue weighted by Crippen LogP contribution is -1.96. The topological polar surface area (TPSA) is 0 Å². The lowest BCUT2D eigenvalue weighted by atomic mass is 9.94. The molecule has 29 heavy (non-hydrogen) atoms. The van der Waals surface area contributed by atoms with Crippen LogP contribution in [0.3, 0.4) is 0 Å². The minimum absolute atomic E-state index is 1.01. The molecule has 3 aromatic carbocycles. The second kappa shape index (κ2) is 8.82. The highest BCUT2D eigenvalue weighted by Gasteiger charge is 2.15. The number of aryl methyl sites for hydroxylation is 3. The number of allylic oxidation sites excluding steroid dienone is 2. The van der Waals surface area contributed by atoms with Crippen LogP contribution in [0.5, 0.6) is 0 Å². The van der Waals surface area contributed by atoms with Crippen molar-refractivity contribution in [1.29, 1.82) is 0 Å². The molecule has 0 bridgehead atoms. The normalized spacial score (nSPS) is 12.7. The number of hydrogen-bond donors (Lipinski definition) is 0.